The summed E-state index contributed by atoms with van der Waals surface area (Å²) in [6.45, 7) is 3.12. The Hall–Kier alpha value is -1.30. The standard InChI is InChI=1S/C20H32N2O3/c1-21-8-5-4-6-15-13-22-9-7-14-10-19(24-2)20(25-3)11-16(14)17(22)12-18(15)23/h10-11,15,17-18,21,23H,4-9,12-13H2,1-3H3/t15-,17-,18-/m1/s1. The maximum atomic E-state index is 10.7. The third-order valence-corrected chi connectivity index (χ3v) is 5.84. The monoisotopic (exact) mass is 348 g/mol. The Labute approximate surface area is 151 Å². The lowest BCUT2D eigenvalue weighted by Gasteiger charge is -2.46. The first-order chi connectivity index (χ1) is 12.2. The van der Waals surface area contributed by atoms with E-state index in [0.29, 0.717) is 12.0 Å². The molecule has 2 heterocycles. The van der Waals surface area contributed by atoms with Gasteiger partial charge in [-0.05, 0) is 68.5 Å². The number of ether oxygens (including phenoxy) is 2. The number of unbranched alkanes of at least 4 members (excludes halogenated alkanes) is 1. The summed E-state index contributed by atoms with van der Waals surface area (Å²) >= 11 is 0. The number of nitrogens with zero attached hydrogens (tertiary/aromatic N) is 1. The second-order valence-corrected chi connectivity index (χ2v) is 7.33. The lowest BCUT2D eigenvalue weighted by molar-refractivity contribution is -0.0157. The molecule has 25 heavy (non-hydrogen) atoms. The van der Waals surface area contributed by atoms with Crippen molar-refractivity contribution in [2.24, 2.45) is 5.92 Å². The fraction of sp³-hybridized carbons (Fsp3) is 0.700. The van der Waals surface area contributed by atoms with Gasteiger partial charge in [0.05, 0.1) is 20.3 Å². The van der Waals surface area contributed by atoms with Crippen molar-refractivity contribution in [1.82, 2.24) is 10.2 Å². The van der Waals surface area contributed by atoms with E-state index in [4.69, 9.17) is 9.47 Å². The fourth-order valence-corrected chi connectivity index (χ4v) is 4.41. The highest BCUT2D eigenvalue weighted by Gasteiger charge is 2.38. The zero-order chi connectivity index (χ0) is 17.8. The number of nitrogens with one attached hydrogen (secondary N) is 1. The van der Waals surface area contributed by atoms with Gasteiger partial charge in [0.25, 0.3) is 0 Å². The molecule has 5 heteroatoms. The topological polar surface area (TPSA) is 54.0 Å². The second kappa shape index (κ2) is 8.39. The van der Waals surface area contributed by atoms with Gasteiger partial charge in [0, 0.05) is 19.1 Å². The summed E-state index contributed by atoms with van der Waals surface area (Å²) in [6, 6.07) is 4.53. The van der Waals surface area contributed by atoms with Crippen LogP contribution in [0.4, 0.5) is 0 Å². The number of rotatable bonds is 7. The molecule has 1 aromatic carbocycles. The smallest absolute Gasteiger partial charge is 0.161 e. The molecular weight excluding hydrogens is 316 g/mol. The van der Waals surface area contributed by atoms with Crippen LogP contribution in [0.1, 0.15) is 42.9 Å². The summed E-state index contributed by atoms with van der Waals surface area (Å²) < 4.78 is 10.9. The van der Waals surface area contributed by atoms with E-state index in [9.17, 15) is 5.11 Å². The van der Waals surface area contributed by atoms with Crippen molar-refractivity contribution in [1.29, 1.82) is 0 Å². The number of aliphatic hydroxyl groups excluding tert-OH is 1. The average molecular weight is 348 g/mol. The van der Waals surface area contributed by atoms with E-state index < -0.39 is 0 Å². The summed E-state index contributed by atoms with van der Waals surface area (Å²) in [5.41, 5.74) is 2.63. The van der Waals surface area contributed by atoms with Crippen LogP contribution in [0.2, 0.25) is 0 Å². The maximum Gasteiger partial charge on any atom is 0.161 e. The van der Waals surface area contributed by atoms with Crippen molar-refractivity contribution in [3.8, 4) is 11.5 Å². The van der Waals surface area contributed by atoms with Crippen molar-refractivity contribution in [3.63, 3.8) is 0 Å². The zero-order valence-corrected chi connectivity index (χ0v) is 15.8. The van der Waals surface area contributed by atoms with E-state index in [1.807, 2.05) is 7.05 Å². The lowest BCUT2D eigenvalue weighted by Crippen LogP contribution is -2.48. The normalized spacial score (nSPS) is 26.0. The molecule has 0 spiro atoms. The Balaban J connectivity index is 1.72. The van der Waals surface area contributed by atoms with E-state index in [2.05, 4.69) is 22.3 Å². The molecule has 2 N–H and O–H groups in total. The van der Waals surface area contributed by atoms with Crippen molar-refractivity contribution in [2.45, 2.75) is 44.2 Å². The third kappa shape index (κ3) is 3.94. The van der Waals surface area contributed by atoms with Gasteiger partial charge in [-0.25, -0.2) is 0 Å². The van der Waals surface area contributed by atoms with E-state index in [1.165, 1.54) is 24.0 Å². The molecule has 0 radical (unpaired) electrons. The van der Waals surface area contributed by atoms with Crippen LogP contribution in [0.25, 0.3) is 0 Å². The van der Waals surface area contributed by atoms with Gasteiger partial charge in [-0.3, -0.25) is 4.90 Å². The Morgan fingerprint density at radius 2 is 1.96 bits per heavy atom. The highest BCUT2D eigenvalue weighted by Crippen LogP contribution is 2.43. The quantitative estimate of drug-likeness (QED) is 0.741. The molecule has 0 aliphatic carbocycles. The summed E-state index contributed by atoms with van der Waals surface area (Å²) in [4.78, 5) is 2.56. The third-order valence-electron chi connectivity index (χ3n) is 5.84. The maximum absolute atomic E-state index is 10.7. The van der Waals surface area contributed by atoms with Crippen LogP contribution in [0.3, 0.4) is 0 Å². The van der Waals surface area contributed by atoms with Gasteiger partial charge >= 0.3 is 0 Å². The molecule has 0 saturated carbocycles. The molecule has 1 fully saturated rings. The molecule has 140 valence electrons. The van der Waals surface area contributed by atoms with Crippen LogP contribution in [0.15, 0.2) is 12.1 Å². The van der Waals surface area contributed by atoms with Crippen LogP contribution in [-0.2, 0) is 6.42 Å². The minimum Gasteiger partial charge on any atom is -0.493 e. The first-order valence-corrected chi connectivity index (χ1v) is 9.49. The summed E-state index contributed by atoms with van der Waals surface area (Å²) in [7, 11) is 5.36. The minimum atomic E-state index is -0.213. The Kier molecular flexibility index (Phi) is 6.20. The van der Waals surface area contributed by atoms with Gasteiger partial charge in [0.15, 0.2) is 11.5 Å². The molecule has 0 unspecified atom stereocenters. The number of aliphatic hydroxyl groups is 1. The van der Waals surface area contributed by atoms with Gasteiger partial charge in [0.2, 0.25) is 0 Å². The van der Waals surface area contributed by atoms with Crippen LogP contribution in [-0.4, -0.2) is 57.0 Å². The number of fused-ring (bicyclic) bond motifs is 3. The van der Waals surface area contributed by atoms with E-state index in [0.717, 1.165) is 50.4 Å². The predicted octanol–water partition coefficient (Wildman–Crippen LogP) is 2.37. The van der Waals surface area contributed by atoms with Crippen molar-refractivity contribution < 1.29 is 14.6 Å². The van der Waals surface area contributed by atoms with Crippen LogP contribution >= 0.6 is 0 Å². The van der Waals surface area contributed by atoms with Crippen molar-refractivity contribution in [3.05, 3.63) is 23.3 Å². The molecule has 0 aromatic heterocycles. The highest BCUT2D eigenvalue weighted by atomic mass is 16.5. The molecule has 0 amide bonds. The lowest BCUT2D eigenvalue weighted by atomic mass is 9.80. The number of methoxy groups -OCH3 is 2. The largest absolute Gasteiger partial charge is 0.493 e. The van der Waals surface area contributed by atoms with Gasteiger partial charge < -0.3 is 19.9 Å². The molecule has 3 atom stereocenters. The van der Waals surface area contributed by atoms with Crippen molar-refractivity contribution >= 4 is 0 Å². The molecule has 2 aliphatic heterocycles. The van der Waals surface area contributed by atoms with E-state index >= 15 is 0 Å². The molecule has 5 nitrogen and oxygen atoms in total. The zero-order valence-electron chi connectivity index (χ0n) is 15.8. The molecular formula is C20H32N2O3. The minimum absolute atomic E-state index is 0.213. The SMILES string of the molecule is CNCCCC[C@@H]1CN2CCc3cc(OC)c(OC)cc3[C@H]2C[C@H]1O. The molecule has 3 rings (SSSR count). The molecule has 1 aromatic rings. The fourth-order valence-electron chi connectivity index (χ4n) is 4.41. The Bertz CT molecular complexity index is 578. The summed E-state index contributed by atoms with van der Waals surface area (Å²) in [6.07, 6.45) is 5.12. The Morgan fingerprint density at radius 1 is 1.20 bits per heavy atom. The van der Waals surface area contributed by atoms with Gasteiger partial charge in [-0.2, -0.15) is 0 Å². The van der Waals surface area contributed by atoms with Gasteiger partial charge in [0.1, 0.15) is 0 Å². The van der Waals surface area contributed by atoms with Gasteiger partial charge in [-0.1, -0.05) is 6.42 Å². The Morgan fingerprint density at radius 3 is 2.68 bits per heavy atom. The number of hydrogen-bond donors (Lipinski definition) is 2. The van der Waals surface area contributed by atoms with E-state index in [1.54, 1.807) is 14.2 Å². The molecule has 0 bridgehead atoms. The molecule has 2 aliphatic rings. The average Bonchev–Trinajstić information content (AvgIpc) is 2.64. The first kappa shape index (κ1) is 18.5. The summed E-state index contributed by atoms with van der Waals surface area (Å²) in [5.74, 6) is 1.98. The number of piperidine rings is 1. The number of benzene rings is 1. The second-order valence-electron chi connectivity index (χ2n) is 7.33. The van der Waals surface area contributed by atoms with Crippen molar-refractivity contribution in [2.75, 3.05) is 40.9 Å². The number of hydrogen-bond acceptors (Lipinski definition) is 5. The van der Waals surface area contributed by atoms with E-state index in [-0.39, 0.29) is 6.10 Å². The van der Waals surface area contributed by atoms with Crippen LogP contribution in [0.5, 0.6) is 11.5 Å². The molecule has 1 saturated heterocycles. The summed E-state index contributed by atoms with van der Waals surface area (Å²) in [5, 5.41) is 13.9. The highest BCUT2D eigenvalue weighted by molar-refractivity contribution is 5.49. The van der Waals surface area contributed by atoms with Crippen LogP contribution in [0, 0.1) is 5.92 Å². The predicted molar refractivity (Wildman–Crippen MR) is 99.5 cm³/mol. The van der Waals surface area contributed by atoms with Gasteiger partial charge in [-0.15, -0.1) is 0 Å². The van der Waals surface area contributed by atoms with Crippen LogP contribution < -0.4 is 14.8 Å². The first-order valence-electron chi connectivity index (χ1n) is 9.49.